The van der Waals surface area contributed by atoms with Crippen LogP contribution in [0.5, 0.6) is 17.2 Å². The van der Waals surface area contributed by atoms with Crippen LogP contribution >= 0.6 is 11.6 Å². The van der Waals surface area contributed by atoms with Crippen molar-refractivity contribution in [1.82, 2.24) is 0 Å². The van der Waals surface area contributed by atoms with Crippen LogP contribution in [0.4, 0.5) is 0 Å². The van der Waals surface area contributed by atoms with Crippen molar-refractivity contribution < 1.29 is 19.7 Å². The molecule has 0 bridgehead atoms. The molecule has 2 rings (SSSR count). The summed E-state index contributed by atoms with van der Waals surface area (Å²) in [7, 11) is 0. The fourth-order valence-electron chi connectivity index (χ4n) is 2.02. The first-order valence-electron chi connectivity index (χ1n) is 6.54. The first-order chi connectivity index (χ1) is 10.4. The highest BCUT2D eigenvalue weighted by Gasteiger charge is 2.13. The number of ether oxygens (including phenoxy) is 1. The number of carbonyl (C=O) groups is 1. The summed E-state index contributed by atoms with van der Waals surface area (Å²) in [5.74, 6) is -0.827. The summed E-state index contributed by atoms with van der Waals surface area (Å²) < 4.78 is 5.12. The van der Waals surface area contributed by atoms with Crippen LogP contribution in [0.3, 0.4) is 0 Å². The van der Waals surface area contributed by atoms with E-state index in [0.717, 1.165) is 5.56 Å². The molecule has 0 aromatic heterocycles. The predicted molar refractivity (Wildman–Crippen MR) is 85.3 cm³/mol. The van der Waals surface area contributed by atoms with Crippen LogP contribution in [0, 0.1) is 0 Å². The van der Waals surface area contributed by atoms with Crippen molar-refractivity contribution in [2.75, 3.05) is 0 Å². The first-order valence-corrected chi connectivity index (χ1v) is 6.91. The Hall–Kier alpha value is -2.46. The molecule has 5 heteroatoms. The van der Waals surface area contributed by atoms with Crippen molar-refractivity contribution in [3.63, 3.8) is 0 Å². The Morgan fingerprint density at radius 1 is 1.18 bits per heavy atom. The molecule has 22 heavy (non-hydrogen) atoms. The third-order valence-electron chi connectivity index (χ3n) is 2.99. The maximum atomic E-state index is 11.9. The van der Waals surface area contributed by atoms with E-state index in [9.17, 15) is 15.0 Å². The summed E-state index contributed by atoms with van der Waals surface area (Å²) >= 11 is 5.77. The number of phenolic OH excluding ortho intramolecular Hbond substituents is 2. The number of esters is 1. The molecule has 0 aliphatic heterocycles. The Labute approximate surface area is 133 Å². The van der Waals surface area contributed by atoms with E-state index < -0.39 is 5.97 Å². The van der Waals surface area contributed by atoms with Crippen molar-refractivity contribution in [2.45, 2.75) is 13.3 Å². The number of allylic oxidation sites excluding steroid dienone is 1. The fourth-order valence-corrected chi connectivity index (χ4v) is 2.15. The number of halogens is 1. The van der Waals surface area contributed by atoms with Gasteiger partial charge in [0.05, 0.1) is 12.0 Å². The summed E-state index contributed by atoms with van der Waals surface area (Å²) in [5.41, 5.74) is 1.49. The molecule has 0 atom stereocenters. The van der Waals surface area contributed by atoms with Crippen LogP contribution in [0.15, 0.2) is 43.0 Å². The van der Waals surface area contributed by atoms with E-state index in [1.807, 2.05) is 0 Å². The molecule has 0 radical (unpaired) electrons. The third kappa shape index (κ3) is 3.80. The van der Waals surface area contributed by atoms with E-state index >= 15 is 0 Å². The average molecular weight is 319 g/mol. The second-order valence-electron chi connectivity index (χ2n) is 4.89. The molecule has 0 aliphatic carbocycles. The van der Waals surface area contributed by atoms with Gasteiger partial charge in [0, 0.05) is 17.2 Å². The van der Waals surface area contributed by atoms with Crippen LogP contribution in [0.2, 0.25) is 5.02 Å². The fraction of sp³-hybridized carbons (Fsp3) is 0.118. The highest BCUT2D eigenvalue weighted by Crippen LogP contribution is 2.36. The van der Waals surface area contributed by atoms with Gasteiger partial charge >= 0.3 is 5.97 Å². The van der Waals surface area contributed by atoms with Crippen LogP contribution in [-0.4, -0.2) is 16.2 Å². The molecule has 2 aromatic rings. The maximum Gasteiger partial charge on any atom is 0.315 e. The van der Waals surface area contributed by atoms with E-state index in [-0.39, 0.29) is 29.2 Å². The Balaban J connectivity index is 2.12. The largest absolute Gasteiger partial charge is 0.507 e. The molecular weight excluding hydrogens is 304 g/mol. The van der Waals surface area contributed by atoms with Gasteiger partial charge in [-0.05, 0) is 30.2 Å². The minimum atomic E-state index is -0.510. The number of aromatic hydroxyl groups is 2. The van der Waals surface area contributed by atoms with Crippen LogP contribution in [0.1, 0.15) is 18.1 Å². The lowest BCUT2D eigenvalue weighted by Crippen LogP contribution is -2.11. The van der Waals surface area contributed by atoms with Crippen LogP contribution in [-0.2, 0) is 11.2 Å². The summed E-state index contributed by atoms with van der Waals surface area (Å²) in [6.45, 7) is 5.32. The van der Waals surface area contributed by atoms with E-state index in [1.165, 1.54) is 12.1 Å². The standard InChI is InChI=1S/C17H15ClO4/c1-10(2)17-14(19)8-13(9-15(17)20)22-16(21)7-11-3-5-12(18)6-4-11/h3-6,8-9,19-20H,1,7H2,2H3. The Morgan fingerprint density at radius 2 is 1.73 bits per heavy atom. The zero-order valence-corrected chi connectivity index (χ0v) is 12.7. The molecule has 0 unspecified atom stereocenters. The molecule has 0 heterocycles. The Morgan fingerprint density at radius 3 is 2.23 bits per heavy atom. The smallest absolute Gasteiger partial charge is 0.315 e. The van der Waals surface area contributed by atoms with Crippen molar-refractivity contribution >= 4 is 23.1 Å². The third-order valence-corrected chi connectivity index (χ3v) is 3.24. The number of rotatable bonds is 4. The van der Waals surface area contributed by atoms with Gasteiger partial charge in [0.1, 0.15) is 17.2 Å². The quantitative estimate of drug-likeness (QED) is 0.662. The summed E-state index contributed by atoms with van der Waals surface area (Å²) in [4.78, 5) is 11.9. The molecule has 0 aliphatic rings. The molecule has 0 fully saturated rings. The summed E-state index contributed by atoms with van der Waals surface area (Å²) in [5, 5.41) is 20.3. The lowest BCUT2D eigenvalue weighted by Gasteiger charge is -2.10. The van der Waals surface area contributed by atoms with Gasteiger partial charge < -0.3 is 14.9 Å². The molecule has 0 saturated heterocycles. The van der Waals surface area contributed by atoms with Crippen molar-refractivity contribution in [2.24, 2.45) is 0 Å². The highest BCUT2D eigenvalue weighted by atomic mass is 35.5. The van der Waals surface area contributed by atoms with Gasteiger partial charge in [0.25, 0.3) is 0 Å². The molecule has 0 saturated carbocycles. The predicted octanol–water partition coefficient (Wildman–Crippen LogP) is 3.93. The second-order valence-corrected chi connectivity index (χ2v) is 5.33. The Kier molecular flexibility index (Phi) is 4.73. The van der Waals surface area contributed by atoms with Crippen LogP contribution in [0.25, 0.3) is 5.57 Å². The Bertz CT molecular complexity index is 697. The lowest BCUT2D eigenvalue weighted by molar-refractivity contribution is -0.133. The molecule has 4 nitrogen and oxygen atoms in total. The van der Waals surface area contributed by atoms with Crippen LogP contribution < -0.4 is 4.74 Å². The summed E-state index contributed by atoms with van der Waals surface area (Å²) in [6.07, 6.45) is 0.0565. The normalized spacial score (nSPS) is 10.3. The SMILES string of the molecule is C=C(C)c1c(O)cc(OC(=O)Cc2ccc(Cl)cc2)cc1O. The van der Waals surface area contributed by atoms with Gasteiger partial charge in [0.15, 0.2) is 0 Å². The van der Waals surface area contributed by atoms with Crippen molar-refractivity contribution in [3.8, 4) is 17.2 Å². The number of phenols is 2. The monoisotopic (exact) mass is 318 g/mol. The van der Waals surface area contributed by atoms with Gasteiger partial charge in [-0.2, -0.15) is 0 Å². The molecule has 0 amide bonds. The lowest BCUT2D eigenvalue weighted by atomic mass is 10.1. The van der Waals surface area contributed by atoms with Crippen molar-refractivity contribution in [3.05, 3.63) is 59.1 Å². The minimum absolute atomic E-state index is 0.0565. The number of hydrogen-bond acceptors (Lipinski definition) is 4. The molecule has 114 valence electrons. The zero-order chi connectivity index (χ0) is 16.3. The van der Waals surface area contributed by atoms with E-state index in [0.29, 0.717) is 10.6 Å². The highest BCUT2D eigenvalue weighted by molar-refractivity contribution is 6.30. The summed E-state index contributed by atoms with van der Waals surface area (Å²) in [6, 6.07) is 9.35. The topological polar surface area (TPSA) is 66.8 Å². The number of carbonyl (C=O) groups excluding carboxylic acids is 1. The molecule has 2 aromatic carbocycles. The van der Waals surface area contributed by atoms with Crippen molar-refractivity contribution in [1.29, 1.82) is 0 Å². The average Bonchev–Trinajstić information content (AvgIpc) is 2.40. The number of benzene rings is 2. The number of hydrogen-bond donors (Lipinski definition) is 2. The van der Waals surface area contributed by atoms with Gasteiger partial charge in [-0.15, -0.1) is 0 Å². The van der Waals surface area contributed by atoms with E-state index in [1.54, 1.807) is 31.2 Å². The van der Waals surface area contributed by atoms with Gasteiger partial charge in [-0.3, -0.25) is 4.79 Å². The first kappa shape index (κ1) is 15.9. The van der Waals surface area contributed by atoms with E-state index in [2.05, 4.69) is 6.58 Å². The van der Waals surface area contributed by atoms with Gasteiger partial charge in [-0.25, -0.2) is 0 Å². The second kappa shape index (κ2) is 6.54. The minimum Gasteiger partial charge on any atom is -0.507 e. The molecule has 0 spiro atoms. The van der Waals surface area contributed by atoms with E-state index in [4.69, 9.17) is 16.3 Å². The maximum absolute atomic E-state index is 11.9. The molecular formula is C17H15ClO4. The molecule has 2 N–H and O–H groups in total. The zero-order valence-electron chi connectivity index (χ0n) is 12.0. The van der Waals surface area contributed by atoms with Gasteiger partial charge in [-0.1, -0.05) is 30.3 Å². The van der Waals surface area contributed by atoms with Gasteiger partial charge in [0.2, 0.25) is 0 Å².